The summed E-state index contributed by atoms with van der Waals surface area (Å²) in [6.45, 7) is 7.79. The lowest BCUT2D eigenvalue weighted by Gasteiger charge is -2.05. The zero-order chi connectivity index (χ0) is 9.68. The second kappa shape index (κ2) is 4.51. The quantitative estimate of drug-likeness (QED) is 0.691. The number of allylic oxidation sites excluding steroid dienone is 2. The number of anilines is 1. The third kappa shape index (κ3) is 2.79. The molecule has 1 aromatic carbocycles. The fourth-order valence-electron chi connectivity index (χ4n) is 1.18. The molecule has 0 bridgehead atoms. The Balaban J connectivity index is 2.77. The minimum Gasteiger partial charge on any atom is -0.361 e. The van der Waals surface area contributed by atoms with E-state index in [1.165, 1.54) is 11.1 Å². The summed E-state index contributed by atoms with van der Waals surface area (Å²) in [5.74, 6) is 0. The van der Waals surface area contributed by atoms with Crippen molar-refractivity contribution in [1.82, 2.24) is 0 Å². The largest absolute Gasteiger partial charge is 0.361 e. The first-order valence-electron chi connectivity index (χ1n) is 4.35. The van der Waals surface area contributed by atoms with Crippen LogP contribution in [-0.4, -0.2) is 0 Å². The number of nitrogens with one attached hydrogen (secondary N) is 1. The van der Waals surface area contributed by atoms with Gasteiger partial charge in [-0.1, -0.05) is 30.4 Å². The molecule has 0 aliphatic carbocycles. The van der Waals surface area contributed by atoms with E-state index in [1.807, 2.05) is 12.3 Å². The maximum Gasteiger partial charge on any atom is 0.0409 e. The van der Waals surface area contributed by atoms with Crippen LogP contribution in [0.25, 0.3) is 0 Å². The highest BCUT2D eigenvalue weighted by molar-refractivity contribution is 5.53. The molecule has 0 fully saturated rings. The molecule has 13 heavy (non-hydrogen) atoms. The highest BCUT2D eigenvalue weighted by atomic mass is 14.8. The number of hydrogen-bond donors (Lipinski definition) is 1. The molecule has 1 heteroatoms. The van der Waals surface area contributed by atoms with Crippen molar-refractivity contribution in [1.29, 1.82) is 0 Å². The van der Waals surface area contributed by atoms with Crippen LogP contribution in [-0.2, 0) is 0 Å². The molecule has 0 aliphatic rings. The van der Waals surface area contributed by atoms with Crippen LogP contribution in [0.5, 0.6) is 0 Å². The molecule has 0 heterocycles. The summed E-state index contributed by atoms with van der Waals surface area (Å²) in [5, 5.41) is 3.19. The van der Waals surface area contributed by atoms with Gasteiger partial charge in [-0.05, 0) is 31.6 Å². The summed E-state index contributed by atoms with van der Waals surface area (Å²) in [4.78, 5) is 0. The first kappa shape index (κ1) is 9.59. The van der Waals surface area contributed by atoms with E-state index >= 15 is 0 Å². The fraction of sp³-hybridized carbons (Fsp3) is 0.167. The van der Waals surface area contributed by atoms with Crippen LogP contribution in [0.2, 0.25) is 0 Å². The molecule has 68 valence electrons. The molecule has 0 amide bonds. The summed E-state index contributed by atoms with van der Waals surface area (Å²) < 4.78 is 0. The average molecular weight is 173 g/mol. The number of aryl methyl sites for hydroxylation is 2. The predicted molar refractivity (Wildman–Crippen MR) is 58.9 cm³/mol. The van der Waals surface area contributed by atoms with Gasteiger partial charge in [0.1, 0.15) is 0 Å². The molecule has 1 rings (SSSR count). The summed E-state index contributed by atoms with van der Waals surface area (Å²) in [6.07, 6.45) is 5.50. The molecule has 1 nitrogen and oxygen atoms in total. The van der Waals surface area contributed by atoms with E-state index in [9.17, 15) is 0 Å². The van der Waals surface area contributed by atoms with Crippen LogP contribution < -0.4 is 5.32 Å². The number of hydrogen-bond acceptors (Lipinski definition) is 1. The van der Waals surface area contributed by atoms with E-state index in [0.717, 1.165) is 5.69 Å². The van der Waals surface area contributed by atoms with Crippen LogP contribution in [0.3, 0.4) is 0 Å². The van der Waals surface area contributed by atoms with Gasteiger partial charge in [0.25, 0.3) is 0 Å². The molecular formula is C12H15N. The van der Waals surface area contributed by atoms with Gasteiger partial charge in [0.05, 0.1) is 0 Å². The minimum atomic E-state index is 1.14. The Morgan fingerprint density at radius 1 is 1.31 bits per heavy atom. The van der Waals surface area contributed by atoms with E-state index in [0.29, 0.717) is 0 Å². The van der Waals surface area contributed by atoms with Gasteiger partial charge in [-0.15, -0.1) is 0 Å². The molecule has 0 aliphatic heterocycles. The zero-order valence-corrected chi connectivity index (χ0v) is 8.17. The van der Waals surface area contributed by atoms with E-state index in [1.54, 1.807) is 6.08 Å². The Hall–Kier alpha value is -1.50. The van der Waals surface area contributed by atoms with Crippen molar-refractivity contribution in [3.63, 3.8) is 0 Å². The van der Waals surface area contributed by atoms with E-state index in [-0.39, 0.29) is 0 Å². The molecule has 0 radical (unpaired) electrons. The second-order valence-corrected chi connectivity index (χ2v) is 3.06. The van der Waals surface area contributed by atoms with E-state index < -0.39 is 0 Å². The Bertz CT molecular complexity index is 324. The summed E-state index contributed by atoms with van der Waals surface area (Å²) >= 11 is 0. The topological polar surface area (TPSA) is 12.0 Å². The monoisotopic (exact) mass is 173 g/mol. The van der Waals surface area contributed by atoms with Gasteiger partial charge in [0.15, 0.2) is 0 Å². The lowest BCUT2D eigenvalue weighted by molar-refractivity contribution is 1.37. The average Bonchev–Trinajstić information content (AvgIpc) is 2.09. The normalized spacial score (nSPS) is 10.3. The predicted octanol–water partition coefficient (Wildman–Crippen LogP) is 3.42. The first-order valence-corrected chi connectivity index (χ1v) is 4.35. The second-order valence-electron chi connectivity index (χ2n) is 3.06. The van der Waals surface area contributed by atoms with Crippen molar-refractivity contribution in [3.05, 3.63) is 54.3 Å². The number of benzene rings is 1. The standard InChI is InChI=1S/C12H15N/c1-4-5-8-13-12-7-6-10(2)9-11(12)3/h4-9,13H,1H2,2-3H3/b8-5-. The van der Waals surface area contributed by atoms with Crippen molar-refractivity contribution in [2.24, 2.45) is 0 Å². The van der Waals surface area contributed by atoms with Crippen LogP contribution >= 0.6 is 0 Å². The SMILES string of the molecule is C=C/C=C\Nc1ccc(C)cc1C. The van der Waals surface area contributed by atoms with Crippen molar-refractivity contribution in [2.45, 2.75) is 13.8 Å². The van der Waals surface area contributed by atoms with Gasteiger partial charge >= 0.3 is 0 Å². The third-order valence-electron chi connectivity index (χ3n) is 1.85. The van der Waals surface area contributed by atoms with Crippen molar-refractivity contribution in [3.8, 4) is 0 Å². The first-order chi connectivity index (χ1) is 6.24. The molecule has 0 aromatic heterocycles. The molecule has 0 saturated carbocycles. The molecule has 0 saturated heterocycles. The lowest BCUT2D eigenvalue weighted by atomic mass is 10.1. The maximum absolute atomic E-state index is 3.60. The van der Waals surface area contributed by atoms with Crippen molar-refractivity contribution >= 4 is 5.69 Å². The Morgan fingerprint density at radius 3 is 2.69 bits per heavy atom. The van der Waals surface area contributed by atoms with Gasteiger partial charge in [-0.2, -0.15) is 0 Å². The summed E-state index contributed by atoms with van der Waals surface area (Å²) in [6, 6.07) is 6.33. The van der Waals surface area contributed by atoms with Gasteiger partial charge < -0.3 is 5.32 Å². The zero-order valence-electron chi connectivity index (χ0n) is 8.17. The van der Waals surface area contributed by atoms with E-state index in [2.05, 4.69) is 43.9 Å². The molecule has 1 N–H and O–H groups in total. The molecule has 0 atom stereocenters. The van der Waals surface area contributed by atoms with Crippen molar-refractivity contribution < 1.29 is 0 Å². The summed E-state index contributed by atoms with van der Waals surface area (Å²) in [7, 11) is 0. The number of rotatable bonds is 3. The molecular weight excluding hydrogens is 158 g/mol. The third-order valence-corrected chi connectivity index (χ3v) is 1.85. The van der Waals surface area contributed by atoms with Gasteiger partial charge in [-0.3, -0.25) is 0 Å². The lowest BCUT2D eigenvalue weighted by Crippen LogP contribution is -1.90. The van der Waals surface area contributed by atoms with Gasteiger partial charge in [0.2, 0.25) is 0 Å². The van der Waals surface area contributed by atoms with Crippen LogP contribution in [0.1, 0.15) is 11.1 Å². The van der Waals surface area contributed by atoms with Crippen LogP contribution in [0, 0.1) is 13.8 Å². The summed E-state index contributed by atoms with van der Waals surface area (Å²) in [5.41, 5.74) is 3.69. The molecule has 0 spiro atoms. The van der Waals surface area contributed by atoms with Gasteiger partial charge in [-0.25, -0.2) is 0 Å². The van der Waals surface area contributed by atoms with Crippen molar-refractivity contribution in [2.75, 3.05) is 5.32 Å². The fourth-order valence-corrected chi connectivity index (χ4v) is 1.18. The Morgan fingerprint density at radius 2 is 2.08 bits per heavy atom. The van der Waals surface area contributed by atoms with Gasteiger partial charge in [0, 0.05) is 11.9 Å². The molecule has 1 aromatic rings. The minimum absolute atomic E-state index is 1.14. The maximum atomic E-state index is 3.60. The van der Waals surface area contributed by atoms with Crippen LogP contribution in [0.15, 0.2) is 43.1 Å². The van der Waals surface area contributed by atoms with Crippen LogP contribution in [0.4, 0.5) is 5.69 Å². The smallest absolute Gasteiger partial charge is 0.0409 e. The van der Waals surface area contributed by atoms with E-state index in [4.69, 9.17) is 0 Å². The Kier molecular flexibility index (Phi) is 3.32. The molecule has 0 unspecified atom stereocenters. The highest BCUT2D eigenvalue weighted by Gasteiger charge is 1.94. The highest BCUT2D eigenvalue weighted by Crippen LogP contribution is 2.15. The Labute approximate surface area is 79.8 Å².